The van der Waals surface area contributed by atoms with E-state index in [2.05, 4.69) is 24.9 Å². The first-order valence-corrected chi connectivity index (χ1v) is 15.0. The smallest absolute Gasteiger partial charge is 0.234 e. The number of pyridine rings is 1. The van der Waals surface area contributed by atoms with E-state index in [4.69, 9.17) is 9.94 Å². The Labute approximate surface area is 226 Å². The second kappa shape index (κ2) is 10.4. The highest BCUT2D eigenvalue weighted by Gasteiger charge is 2.44. The Kier molecular flexibility index (Phi) is 6.89. The van der Waals surface area contributed by atoms with Gasteiger partial charge >= 0.3 is 0 Å². The fourth-order valence-corrected chi connectivity index (χ4v) is 6.12. The minimum Gasteiger partial charge on any atom is -0.395 e. The van der Waals surface area contributed by atoms with Crippen LogP contribution in [-0.4, -0.2) is 72.1 Å². The Balaban J connectivity index is 1.32. The average Bonchev–Trinajstić information content (AvgIpc) is 3.50. The first kappa shape index (κ1) is 26.0. The molecule has 0 unspecified atom stereocenters. The summed E-state index contributed by atoms with van der Waals surface area (Å²) in [5.74, 6) is -0.713. The molecule has 0 radical (unpaired) electrons. The number of halogens is 1. The van der Waals surface area contributed by atoms with E-state index in [9.17, 15) is 12.8 Å². The first-order valence-electron chi connectivity index (χ1n) is 13.4. The number of benzene rings is 1. The van der Waals surface area contributed by atoms with E-state index >= 15 is 0 Å². The number of anilines is 3. The van der Waals surface area contributed by atoms with Gasteiger partial charge in [0.2, 0.25) is 10.0 Å². The van der Waals surface area contributed by atoms with Crippen molar-refractivity contribution in [1.82, 2.24) is 20.0 Å². The summed E-state index contributed by atoms with van der Waals surface area (Å²) in [4.78, 5) is 12.3. The van der Waals surface area contributed by atoms with Crippen molar-refractivity contribution in [3.63, 3.8) is 0 Å². The number of hydroxylamine groups is 1. The van der Waals surface area contributed by atoms with Crippen molar-refractivity contribution >= 4 is 27.2 Å². The lowest BCUT2D eigenvalue weighted by Crippen LogP contribution is -2.35. The highest BCUT2D eigenvalue weighted by atomic mass is 32.2. The number of piperidine rings is 1. The molecule has 39 heavy (non-hydrogen) atoms. The molecule has 6 rings (SSSR count). The Bertz CT molecular complexity index is 1440. The van der Waals surface area contributed by atoms with Crippen LogP contribution in [0.2, 0.25) is 0 Å². The number of aliphatic hydroxyl groups is 1. The molecule has 2 saturated heterocycles. The molecule has 3 aromatic rings. The first-order chi connectivity index (χ1) is 18.8. The van der Waals surface area contributed by atoms with Gasteiger partial charge in [0.1, 0.15) is 5.69 Å². The molecule has 0 bridgehead atoms. The summed E-state index contributed by atoms with van der Waals surface area (Å²) in [7, 11) is -3.67. The van der Waals surface area contributed by atoms with Gasteiger partial charge < -0.3 is 10.0 Å². The lowest BCUT2D eigenvalue weighted by atomic mass is 9.93. The second-order valence-corrected chi connectivity index (χ2v) is 12.4. The van der Waals surface area contributed by atoms with Crippen LogP contribution in [0.25, 0.3) is 17.1 Å². The minimum atomic E-state index is -3.67. The van der Waals surface area contributed by atoms with E-state index in [1.54, 1.807) is 35.1 Å². The highest BCUT2D eigenvalue weighted by molar-refractivity contribution is 7.92. The standard InChI is InChI=1S/C26H32FN7O4S/c27-20-4-5-21(28-25(20)34-11-1-2-15-38-34)22-18-33(31-29-22)23-6-3-19(30-39(36,37)16-14-35)17-24(23)32-12-9-26(7-8-26)10-13-32/h3-6,17-18,30,35H,1-2,7-16H2. The molecule has 2 aromatic heterocycles. The van der Waals surface area contributed by atoms with Gasteiger partial charge in [-0.3, -0.25) is 9.56 Å². The van der Waals surface area contributed by atoms with Gasteiger partial charge in [-0.1, -0.05) is 5.21 Å². The number of hydrogen-bond donors (Lipinski definition) is 2. The molecule has 1 aromatic carbocycles. The maximum Gasteiger partial charge on any atom is 0.234 e. The molecule has 208 valence electrons. The van der Waals surface area contributed by atoms with Crippen LogP contribution in [0.4, 0.5) is 21.6 Å². The van der Waals surface area contributed by atoms with E-state index in [-0.39, 0.29) is 11.6 Å². The predicted molar refractivity (Wildman–Crippen MR) is 145 cm³/mol. The van der Waals surface area contributed by atoms with Crippen molar-refractivity contribution in [1.29, 1.82) is 0 Å². The Hall–Kier alpha value is -3.29. The van der Waals surface area contributed by atoms with E-state index in [0.29, 0.717) is 35.6 Å². The third kappa shape index (κ3) is 5.56. The molecule has 1 saturated carbocycles. The molecule has 13 heteroatoms. The Morgan fingerprint density at radius 2 is 1.85 bits per heavy atom. The summed E-state index contributed by atoms with van der Waals surface area (Å²) >= 11 is 0. The summed E-state index contributed by atoms with van der Waals surface area (Å²) in [6, 6.07) is 8.20. The van der Waals surface area contributed by atoms with Crippen LogP contribution in [0.15, 0.2) is 36.5 Å². The molecule has 4 heterocycles. The molecule has 0 atom stereocenters. The molecular weight excluding hydrogens is 525 g/mol. The average molecular weight is 558 g/mol. The highest BCUT2D eigenvalue weighted by Crippen LogP contribution is 2.54. The van der Waals surface area contributed by atoms with Crippen LogP contribution in [0.5, 0.6) is 0 Å². The molecule has 1 aliphatic carbocycles. The van der Waals surface area contributed by atoms with Crippen LogP contribution < -0.4 is 14.7 Å². The lowest BCUT2D eigenvalue weighted by molar-refractivity contribution is 0.0746. The fraction of sp³-hybridized carbons (Fsp3) is 0.500. The maximum atomic E-state index is 14.6. The van der Waals surface area contributed by atoms with Gasteiger partial charge in [-0.05, 0) is 74.3 Å². The molecule has 3 aliphatic rings. The number of rotatable bonds is 8. The molecule has 1 spiro atoms. The van der Waals surface area contributed by atoms with Gasteiger partial charge in [0.25, 0.3) is 0 Å². The largest absolute Gasteiger partial charge is 0.395 e. The normalized spacial score (nSPS) is 18.9. The van der Waals surface area contributed by atoms with Gasteiger partial charge in [0.05, 0.1) is 47.9 Å². The van der Waals surface area contributed by atoms with Crippen molar-refractivity contribution < 1.29 is 22.8 Å². The van der Waals surface area contributed by atoms with Crippen LogP contribution in [-0.2, 0) is 14.9 Å². The summed E-state index contributed by atoms with van der Waals surface area (Å²) in [6.45, 7) is 2.35. The molecule has 2 N–H and O–H groups in total. The van der Waals surface area contributed by atoms with Crippen molar-refractivity contribution in [3.05, 3.63) is 42.3 Å². The molecule has 0 amide bonds. The van der Waals surface area contributed by atoms with Crippen LogP contribution >= 0.6 is 0 Å². The molecular formula is C26H32FN7O4S. The molecule has 3 fully saturated rings. The zero-order chi connectivity index (χ0) is 27.0. The van der Waals surface area contributed by atoms with Crippen LogP contribution in [0, 0.1) is 11.2 Å². The van der Waals surface area contributed by atoms with Gasteiger partial charge in [0, 0.05) is 19.6 Å². The number of hydrogen-bond acceptors (Lipinski definition) is 9. The van der Waals surface area contributed by atoms with Gasteiger partial charge in [0.15, 0.2) is 11.6 Å². The van der Waals surface area contributed by atoms with E-state index in [1.807, 2.05) is 0 Å². The summed E-state index contributed by atoms with van der Waals surface area (Å²) < 4.78 is 43.4. The molecule has 2 aliphatic heterocycles. The second-order valence-electron chi connectivity index (χ2n) is 10.5. The van der Waals surface area contributed by atoms with Crippen molar-refractivity contribution in [3.8, 4) is 17.1 Å². The summed E-state index contributed by atoms with van der Waals surface area (Å²) in [5, 5.41) is 19.3. The maximum absolute atomic E-state index is 14.6. The third-order valence-corrected chi connectivity index (χ3v) is 9.07. The van der Waals surface area contributed by atoms with Gasteiger partial charge in [-0.15, -0.1) is 5.10 Å². The quantitative estimate of drug-likeness (QED) is 0.430. The van der Waals surface area contributed by atoms with Crippen molar-refractivity contribution in [2.24, 2.45) is 5.41 Å². The Morgan fingerprint density at radius 1 is 1.03 bits per heavy atom. The fourth-order valence-electron chi connectivity index (χ4n) is 5.30. The molecule has 11 nitrogen and oxygen atoms in total. The number of nitrogens with zero attached hydrogens (tertiary/aromatic N) is 6. The van der Waals surface area contributed by atoms with Gasteiger partial charge in [-0.2, -0.15) is 0 Å². The minimum absolute atomic E-state index is 0.129. The number of aromatic nitrogens is 4. The van der Waals surface area contributed by atoms with E-state index < -0.39 is 22.4 Å². The van der Waals surface area contributed by atoms with Crippen molar-refractivity contribution in [2.45, 2.75) is 38.5 Å². The monoisotopic (exact) mass is 557 g/mol. The van der Waals surface area contributed by atoms with Crippen LogP contribution in [0.1, 0.15) is 38.5 Å². The summed E-state index contributed by atoms with van der Waals surface area (Å²) in [6.07, 6.45) is 8.29. The number of sulfonamides is 1. The van der Waals surface area contributed by atoms with Gasteiger partial charge in [-0.25, -0.2) is 27.5 Å². The Morgan fingerprint density at radius 3 is 2.56 bits per heavy atom. The third-order valence-electron chi connectivity index (χ3n) is 7.80. The van der Waals surface area contributed by atoms with Crippen LogP contribution in [0.3, 0.4) is 0 Å². The SMILES string of the molecule is O=S(=O)(CCO)Nc1ccc(-n2cc(-c3ccc(F)c(N4CCCCO4)n3)nn2)c(N2CCC3(CC2)CC3)c1. The summed E-state index contributed by atoms with van der Waals surface area (Å²) in [5.41, 5.74) is 3.41. The topological polar surface area (TPSA) is 126 Å². The number of aliphatic hydroxyl groups excluding tert-OH is 1. The zero-order valence-electron chi connectivity index (χ0n) is 21.6. The zero-order valence-corrected chi connectivity index (χ0v) is 22.4. The number of nitrogens with one attached hydrogen (secondary N) is 1. The van der Waals surface area contributed by atoms with Crippen molar-refractivity contribution in [2.75, 3.05) is 53.3 Å². The van der Waals surface area contributed by atoms with E-state index in [1.165, 1.54) is 24.0 Å². The lowest BCUT2D eigenvalue weighted by Gasteiger charge is -2.35. The van der Waals surface area contributed by atoms with E-state index in [0.717, 1.165) is 50.1 Å². The predicted octanol–water partition coefficient (Wildman–Crippen LogP) is 3.11.